The Bertz CT molecular complexity index is 1160. The Hall–Kier alpha value is -3.77. The van der Waals surface area contributed by atoms with E-state index in [4.69, 9.17) is 10.00 Å². The van der Waals surface area contributed by atoms with E-state index < -0.39 is 5.82 Å². The fourth-order valence-electron chi connectivity index (χ4n) is 3.86. The van der Waals surface area contributed by atoms with E-state index in [2.05, 4.69) is 15.4 Å². The number of carbonyl (C=O) groups is 1. The second-order valence-corrected chi connectivity index (χ2v) is 7.69. The van der Waals surface area contributed by atoms with Crippen LogP contribution in [0.5, 0.6) is 5.88 Å². The van der Waals surface area contributed by atoms with Gasteiger partial charge in [0, 0.05) is 24.9 Å². The summed E-state index contributed by atoms with van der Waals surface area (Å²) in [6.45, 7) is 0. The van der Waals surface area contributed by atoms with Crippen molar-refractivity contribution in [3.05, 3.63) is 59.7 Å². The molecule has 2 N–H and O–H groups in total. The van der Waals surface area contributed by atoms with Gasteiger partial charge in [0.05, 0.1) is 35.1 Å². The number of nitrogens with one attached hydrogen (secondary N) is 1. The number of pyridine rings is 1. The van der Waals surface area contributed by atoms with E-state index in [0.717, 1.165) is 36.4 Å². The molecule has 32 heavy (non-hydrogen) atoms. The Morgan fingerprint density at radius 1 is 1.22 bits per heavy atom. The summed E-state index contributed by atoms with van der Waals surface area (Å²) in [4.78, 5) is 16.8. The number of rotatable bonds is 5. The Kier molecular flexibility index (Phi) is 6.14. The van der Waals surface area contributed by atoms with Crippen LogP contribution in [0.4, 0.5) is 4.39 Å². The number of hydrogen-bond acceptors (Lipinski definition) is 6. The van der Waals surface area contributed by atoms with Gasteiger partial charge in [-0.05, 0) is 56.0 Å². The fourth-order valence-corrected chi connectivity index (χ4v) is 3.86. The number of carbonyl (C=O) groups excluding carboxylic acids is 1. The molecule has 1 saturated carbocycles. The molecule has 0 atom stereocenters. The maximum absolute atomic E-state index is 14.3. The quantitative estimate of drug-likeness (QED) is 0.636. The summed E-state index contributed by atoms with van der Waals surface area (Å²) >= 11 is 0. The number of methoxy groups -OCH3 is 1. The van der Waals surface area contributed by atoms with Gasteiger partial charge in [-0.15, -0.1) is 0 Å². The molecule has 1 fully saturated rings. The second kappa shape index (κ2) is 9.16. The second-order valence-electron chi connectivity index (χ2n) is 7.69. The average molecular weight is 435 g/mol. The first-order valence-electron chi connectivity index (χ1n) is 10.3. The lowest BCUT2D eigenvalue weighted by atomic mass is 9.93. The summed E-state index contributed by atoms with van der Waals surface area (Å²) in [6, 6.07) is 9.10. The van der Waals surface area contributed by atoms with Crippen LogP contribution >= 0.6 is 0 Å². The van der Waals surface area contributed by atoms with Gasteiger partial charge in [0.2, 0.25) is 5.88 Å². The highest BCUT2D eigenvalue weighted by Gasteiger charge is 2.23. The summed E-state index contributed by atoms with van der Waals surface area (Å²) in [6.07, 6.45) is 6.55. The lowest BCUT2D eigenvalue weighted by Gasteiger charge is -2.28. The number of aromatic hydroxyl groups is 1. The number of nitriles is 1. The van der Waals surface area contributed by atoms with Crippen LogP contribution in [0, 0.1) is 17.1 Å². The number of hydrogen-bond donors (Lipinski definition) is 2. The van der Waals surface area contributed by atoms with E-state index in [9.17, 15) is 14.3 Å². The number of amides is 1. The minimum Gasteiger partial charge on any atom is -0.493 e. The van der Waals surface area contributed by atoms with Gasteiger partial charge in [-0.2, -0.15) is 15.0 Å². The van der Waals surface area contributed by atoms with Crippen molar-refractivity contribution in [2.24, 2.45) is 0 Å². The summed E-state index contributed by atoms with van der Waals surface area (Å²) in [5.41, 5.74) is 0.863. The Balaban J connectivity index is 1.48. The summed E-state index contributed by atoms with van der Waals surface area (Å²) in [7, 11) is 1.71. The molecule has 0 spiro atoms. The lowest BCUT2D eigenvalue weighted by molar-refractivity contribution is 0.0599. The van der Waals surface area contributed by atoms with Crippen LogP contribution in [-0.4, -0.2) is 45.0 Å². The molecule has 0 radical (unpaired) electrons. The van der Waals surface area contributed by atoms with Crippen molar-refractivity contribution in [2.75, 3.05) is 7.11 Å². The lowest BCUT2D eigenvalue weighted by Crippen LogP contribution is -2.38. The van der Waals surface area contributed by atoms with Crippen LogP contribution in [0.3, 0.4) is 0 Å². The third kappa shape index (κ3) is 4.31. The van der Waals surface area contributed by atoms with Crippen molar-refractivity contribution in [1.29, 1.82) is 5.26 Å². The molecule has 1 aromatic carbocycles. The van der Waals surface area contributed by atoms with Crippen LogP contribution in [0.2, 0.25) is 0 Å². The van der Waals surface area contributed by atoms with Gasteiger partial charge in [0.25, 0.3) is 5.91 Å². The van der Waals surface area contributed by atoms with Gasteiger partial charge in [-0.25, -0.2) is 9.37 Å². The van der Waals surface area contributed by atoms with Crippen LogP contribution in [0.15, 0.2) is 42.7 Å². The van der Waals surface area contributed by atoms with Crippen molar-refractivity contribution in [2.45, 2.75) is 37.8 Å². The maximum Gasteiger partial charge on any atom is 0.253 e. The standard InChI is InChI=1S/C23H22FN5O3/c1-32-17-6-4-16(5-7-17)28-22(30)15-3-9-21(26-12-15)29-23(31)19(13-27-29)18-8-2-14(11-25)10-20(18)24/h2-3,8-10,12-13,16-17,31H,4-7H2,1H3,(H,28,30)/t16-,17-. The molecule has 2 heterocycles. The van der Waals surface area contributed by atoms with E-state index in [0.29, 0.717) is 5.56 Å². The van der Waals surface area contributed by atoms with Crippen LogP contribution in [-0.2, 0) is 4.74 Å². The number of aromatic nitrogens is 3. The molecule has 1 amide bonds. The third-order valence-corrected chi connectivity index (χ3v) is 5.70. The largest absolute Gasteiger partial charge is 0.493 e. The van der Waals surface area contributed by atoms with Crippen molar-refractivity contribution < 1.29 is 19.0 Å². The predicted molar refractivity (Wildman–Crippen MR) is 114 cm³/mol. The summed E-state index contributed by atoms with van der Waals surface area (Å²) < 4.78 is 20.8. The third-order valence-electron chi connectivity index (χ3n) is 5.70. The first kappa shape index (κ1) is 21.5. The maximum atomic E-state index is 14.3. The number of nitrogens with zero attached hydrogens (tertiary/aromatic N) is 4. The van der Waals surface area contributed by atoms with Crippen molar-refractivity contribution in [1.82, 2.24) is 20.1 Å². The van der Waals surface area contributed by atoms with Crippen molar-refractivity contribution >= 4 is 5.91 Å². The van der Waals surface area contributed by atoms with E-state index in [1.807, 2.05) is 6.07 Å². The van der Waals surface area contributed by atoms with Gasteiger partial charge in [-0.1, -0.05) is 0 Å². The monoisotopic (exact) mass is 435 g/mol. The zero-order valence-electron chi connectivity index (χ0n) is 17.5. The van der Waals surface area contributed by atoms with E-state index in [1.165, 1.54) is 24.5 Å². The number of ether oxygens (including phenoxy) is 1. The molecule has 0 bridgehead atoms. The number of benzene rings is 1. The highest BCUT2D eigenvalue weighted by Crippen LogP contribution is 2.32. The molecule has 0 saturated heterocycles. The molecule has 8 nitrogen and oxygen atoms in total. The topological polar surface area (TPSA) is 113 Å². The highest BCUT2D eigenvalue weighted by atomic mass is 19.1. The molecule has 9 heteroatoms. The van der Waals surface area contributed by atoms with Gasteiger partial charge < -0.3 is 15.2 Å². The molecule has 164 valence electrons. The fraction of sp³-hybridized carbons (Fsp3) is 0.304. The normalized spacial score (nSPS) is 18.2. The first-order chi connectivity index (χ1) is 15.5. The molecular formula is C23H22FN5O3. The Labute approximate surface area is 184 Å². The molecule has 0 unspecified atom stereocenters. The van der Waals surface area contributed by atoms with Crippen molar-refractivity contribution in [3.8, 4) is 28.9 Å². The van der Waals surface area contributed by atoms with Crippen LogP contribution in [0.25, 0.3) is 16.9 Å². The minimum absolute atomic E-state index is 0.105. The van der Waals surface area contributed by atoms with E-state index in [1.54, 1.807) is 19.2 Å². The highest BCUT2D eigenvalue weighted by molar-refractivity contribution is 5.94. The van der Waals surface area contributed by atoms with E-state index in [-0.39, 0.29) is 46.4 Å². The van der Waals surface area contributed by atoms with Crippen molar-refractivity contribution in [3.63, 3.8) is 0 Å². The molecule has 1 aliphatic rings. The Morgan fingerprint density at radius 3 is 2.62 bits per heavy atom. The molecule has 4 rings (SSSR count). The molecule has 3 aromatic rings. The smallest absolute Gasteiger partial charge is 0.253 e. The summed E-state index contributed by atoms with van der Waals surface area (Å²) in [5, 5.41) is 26.6. The van der Waals surface area contributed by atoms with E-state index >= 15 is 0 Å². The van der Waals surface area contributed by atoms with Gasteiger partial charge >= 0.3 is 0 Å². The summed E-state index contributed by atoms with van der Waals surface area (Å²) in [5.74, 6) is -0.874. The molecular weight excluding hydrogens is 413 g/mol. The zero-order valence-corrected chi connectivity index (χ0v) is 17.5. The van der Waals surface area contributed by atoms with Gasteiger partial charge in [-0.3, -0.25) is 4.79 Å². The average Bonchev–Trinajstić information content (AvgIpc) is 3.20. The minimum atomic E-state index is -0.640. The predicted octanol–water partition coefficient (Wildman–Crippen LogP) is 3.34. The van der Waals surface area contributed by atoms with Crippen LogP contribution in [0.1, 0.15) is 41.6 Å². The SMILES string of the molecule is CO[C@H]1CC[C@H](NC(=O)c2ccc(-n3ncc(-c4ccc(C#N)cc4F)c3O)nc2)CC1. The van der Waals surface area contributed by atoms with Gasteiger partial charge in [0.1, 0.15) is 5.82 Å². The molecule has 0 aliphatic heterocycles. The molecule has 1 aliphatic carbocycles. The number of halogens is 1. The zero-order chi connectivity index (χ0) is 22.7. The Morgan fingerprint density at radius 2 is 2.00 bits per heavy atom. The van der Waals surface area contributed by atoms with Gasteiger partial charge in [0.15, 0.2) is 5.82 Å². The van der Waals surface area contributed by atoms with Crippen LogP contribution < -0.4 is 5.32 Å². The molecule has 2 aromatic heterocycles. The first-order valence-corrected chi connectivity index (χ1v) is 10.3.